The van der Waals surface area contributed by atoms with E-state index in [-0.39, 0.29) is 30.7 Å². The average Bonchev–Trinajstić information content (AvgIpc) is 2.66. The Bertz CT molecular complexity index is 753. The Morgan fingerprint density at radius 3 is 2.41 bits per heavy atom. The van der Waals surface area contributed by atoms with Crippen molar-refractivity contribution in [3.05, 3.63) is 59.7 Å². The van der Waals surface area contributed by atoms with Crippen LogP contribution in [0.2, 0.25) is 0 Å². The monoisotopic (exact) mass is 408 g/mol. The number of halogens is 1. The molecule has 0 aliphatic carbocycles. The minimum atomic E-state index is -0.418. The van der Waals surface area contributed by atoms with E-state index in [2.05, 4.69) is 5.32 Å². The minimum Gasteiger partial charge on any atom is -0.469 e. The lowest BCUT2D eigenvalue weighted by atomic mass is 10.0. The summed E-state index contributed by atoms with van der Waals surface area (Å²) in [5, 5.41) is 2.94. The van der Waals surface area contributed by atoms with Crippen molar-refractivity contribution in [3.63, 3.8) is 0 Å². The van der Waals surface area contributed by atoms with Crippen LogP contribution < -0.4 is 11.1 Å². The Morgan fingerprint density at radius 2 is 1.81 bits per heavy atom. The number of carbonyl (C=O) groups is 2. The Hall–Kier alpha value is -2.18. The molecule has 0 saturated carbocycles. The Kier molecular flexibility index (Phi) is 9.75. The summed E-state index contributed by atoms with van der Waals surface area (Å²) in [5.74, 6) is -0.493. The topological polar surface area (TPSA) is 81.4 Å². The van der Waals surface area contributed by atoms with Gasteiger partial charge in [0.25, 0.3) is 0 Å². The number of hydrogen-bond donors (Lipinski definition) is 2. The van der Waals surface area contributed by atoms with Gasteiger partial charge in [-0.2, -0.15) is 0 Å². The Labute approximate surface area is 170 Å². The van der Waals surface area contributed by atoms with Crippen LogP contribution in [0.5, 0.6) is 0 Å². The highest BCUT2D eigenvalue weighted by Gasteiger charge is 2.19. The van der Waals surface area contributed by atoms with E-state index in [0.29, 0.717) is 18.5 Å². The number of ether oxygens (including phenoxy) is 1. The van der Waals surface area contributed by atoms with Gasteiger partial charge < -0.3 is 15.8 Å². The molecule has 3 N–H and O–H groups in total. The van der Waals surface area contributed by atoms with Crippen LogP contribution in [0, 0.1) is 0 Å². The van der Waals surface area contributed by atoms with Gasteiger partial charge in [-0.1, -0.05) is 30.3 Å². The number of aryl methyl sites for hydroxylation is 1. The summed E-state index contributed by atoms with van der Waals surface area (Å²) < 4.78 is 4.76. The first-order valence-corrected chi connectivity index (χ1v) is 9.59. The molecule has 5 nitrogen and oxygen atoms in total. The zero-order valence-corrected chi connectivity index (χ0v) is 17.1. The highest BCUT2D eigenvalue weighted by atomic mass is 35.5. The molecule has 0 heterocycles. The number of amides is 1. The molecule has 1 unspecified atom stereocenters. The zero-order chi connectivity index (χ0) is 18.9. The van der Waals surface area contributed by atoms with E-state index in [1.165, 1.54) is 7.11 Å². The predicted octanol–water partition coefficient (Wildman–Crippen LogP) is 3.77. The summed E-state index contributed by atoms with van der Waals surface area (Å²) in [5.41, 5.74) is 8.41. The van der Waals surface area contributed by atoms with Crippen LogP contribution in [-0.2, 0) is 20.7 Å². The second-order valence-electron chi connectivity index (χ2n) is 5.87. The van der Waals surface area contributed by atoms with Crippen LogP contribution in [0.25, 0.3) is 0 Å². The van der Waals surface area contributed by atoms with Gasteiger partial charge in [-0.25, -0.2) is 0 Å². The van der Waals surface area contributed by atoms with Gasteiger partial charge in [-0.3, -0.25) is 9.59 Å². The Balaban J connectivity index is 0.00000364. The van der Waals surface area contributed by atoms with Crippen molar-refractivity contribution in [1.29, 1.82) is 0 Å². The molecule has 0 spiro atoms. The molecule has 1 amide bonds. The predicted molar refractivity (Wildman–Crippen MR) is 112 cm³/mol. The number of thioether (sulfide) groups is 1. The van der Waals surface area contributed by atoms with Crippen molar-refractivity contribution < 1.29 is 14.3 Å². The van der Waals surface area contributed by atoms with Crippen LogP contribution >= 0.6 is 24.2 Å². The number of hydrogen-bond acceptors (Lipinski definition) is 5. The van der Waals surface area contributed by atoms with E-state index >= 15 is 0 Å². The first-order valence-electron chi connectivity index (χ1n) is 8.37. The van der Waals surface area contributed by atoms with Gasteiger partial charge in [0.1, 0.15) is 0 Å². The van der Waals surface area contributed by atoms with Crippen LogP contribution in [-0.4, -0.2) is 25.2 Å². The van der Waals surface area contributed by atoms with E-state index in [0.717, 1.165) is 16.0 Å². The summed E-state index contributed by atoms with van der Waals surface area (Å²) in [6.45, 7) is 0. The lowest BCUT2D eigenvalue weighted by Crippen LogP contribution is -2.30. The van der Waals surface area contributed by atoms with Crippen molar-refractivity contribution in [2.45, 2.75) is 30.2 Å². The van der Waals surface area contributed by atoms with E-state index in [1.54, 1.807) is 11.8 Å². The number of nitrogen functional groups attached to an aromatic ring is 1. The highest BCUT2D eigenvalue weighted by Crippen LogP contribution is 2.22. The number of benzene rings is 2. The lowest BCUT2D eigenvalue weighted by molar-refractivity contribution is -0.141. The third-order valence-corrected chi connectivity index (χ3v) is 4.87. The maximum absolute atomic E-state index is 12.4. The van der Waals surface area contributed by atoms with Crippen molar-refractivity contribution in [2.24, 2.45) is 0 Å². The van der Waals surface area contributed by atoms with Gasteiger partial charge in [0.05, 0.1) is 19.6 Å². The molecule has 2 rings (SSSR count). The Morgan fingerprint density at radius 1 is 1.15 bits per heavy atom. The van der Waals surface area contributed by atoms with Crippen LogP contribution in [0.4, 0.5) is 5.69 Å². The maximum Gasteiger partial charge on any atom is 0.307 e. The van der Waals surface area contributed by atoms with Crippen molar-refractivity contribution in [2.75, 3.05) is 19.1 Å². The number of esters is 1. The summed E-state index contributed by atoms with van der Waals surface area (Å²) in [6, 6.07) is 14.9. The molecular weight excluding hydrogens is 384 g/mol. The fourth-order valence-electron chi connectivity index (χ4n) is 2.61. The summed E-state index contributed by atoms with van der Waals surface area (Å²) in [4.78, 5) is 25.2. The summed E-state index contributed by atoms with van der Waals surface area (Å²) >= 11 is 1.64. The first kappa shape index (κ1) is 22.9. The standard InChI is InChI=1S/C20H24N2O3S.ClH/c1-25-20(24)13-18(15-7-10-16(26-2)11-8-15)22-19(23)12-9-14-5-3-4-6-17(14)21;/h3-8,10-11,18H,9,12-13,21H2,1-2H3,(H,22,23);1H. The first-order chi connectivity index (χ1) is 12.5. The van der Waals surface area contributed by atoms with Gasteiger partial charge in [-0.15, -0.1) is 24.2 Å². The van der Waals surface area contributed by atoms with Crippen LogP contribution in [0.3, 0.4) is 0 Å². The van der Waals surface area contributed by atoms with E-state index < -0.39 is 6.04 Å². The average molecular weight is 409 g/mol. The molecule has 0 aromatic heterocycles. The van der Waals surface area contributed by atoms with Gasteiger partial charge in [0, 0.05) is 17.0 Å². The fraction of sp³-hybridized carbons (Fsp3) is 0.300. The van der Waals surface area contributed by atoms with E-state index in [1.807, 2.05) is 54.8 Å². The third kappa shape index (κ3) is 7.15. The molecule has 0 fully saturated rings. The third-order valence-electron chi connectivity index (χ3n) is 4.13. The SMILES string of the molecule is COC(=O)CC(NC(=O)CCc1ccccc1N)c1ccc(SC)cc1.Cl. The number of nitrogens with one attached hydrogen (secondary N) is 1. The molecule has 27 heavy (non-hydrogen) atoms. The minimum absolute atomic E-state index is 0. The number of rotatable bonds is 8. The highest BCUT2D eigenvalue weighted by molar-refractivity contribution is 7.98. The molecule has 0 radical (unpaired) electrons. The van der Waals surface area contributed by atoms with Crippen molar-refractivity contribution >= 4 is 41.7 Å². The van der Waals surface area contributed by atoms with Gasteiger partial charge in [-0.05, 0) is 42.0 Å². The van der Waals surface area contributed by atoms with Crippen molar-refractivity contribution in [1.82, 2.24) is 5.32 Å². The largest absolute Gasteiger partial charge is 0.469 e. The van der Waals surface area contributed by atoms with E-state index in [9.17, 15) is 9.59 Å². The summed E-state index contributed by atoms with van der Waals surface area (Å²) in [7, 11) is 1.34. The molecule has 0 aliphatic rings. The number of carbonyl (C=O) groups excluding carboxylic acids is 2. The molecule has 0 bridgehead atoms. The maximum atomic E-state index is 12.4. The normalized spacial score (nSPS) is 11.2. The molecule has 2 aromatic carbocycles. The second kappa shape index (κ2) is 11.5. The lowest BCUT2D eigenvalue weighted by Gasteiger charge is -2.19. The van der Waals surface area contributed by atoms with Gasteiger partial charge in [0.2, 0.25) is 5.91 Å². The number of methoxy groups -OCH3 is 1. The quantitative estimate of drug-likeness (QED) is 0.394. The number of para-hydroxylation sites is 1. The molecule has 1 atom stereocenters. The second-order valence-corrected chi connectivity index (χ2v) is 6.75. The van der Waals surface area contributed by atoms with Crippen LogP contribution in [0.1, 0.15) is 30.0 Å². The van der Waals surface area contributed by atoms with E-state index in [4.69, 9.17) is 10.5 Å². The molecular formula is C20H25ClN2O3S. The molecule has 0 aliphatic heterocycles. The number of nitrogens with two attached hydrogens (primary N) is 1. The number of anilines is 1. The summed E-state index contributed by atoms with van der Waals surface area (Å²) in [6.07, 6.45) is 2.94. The smallest absolute Gasteiger partial charge is 0.307 e. The van der Waals surface area contributed by atoms with Crippen molar-refractivity contribution in [3.8, 4) is 0 Å². The van der Waals surface area contributed by atoms with Gasteiger partial charge in [0.15, 0.2) is 0 Å². The fourth-order valence-corrected chi connectivity index (χ4v) is 3.02. The molecule has 7 heteroatoms. The molecule has 0 saturated heterocycles. The zero-order valence-electron chi connectivity index (χ0n) is 15.4. The molecule has 2 aromatic rings. The molecule has 146 valence electrons. The van der Waals surface area contributed by atoms with Gasteiger partial charge >= 0.3 is 5.97 Å². The van der Waals surface area contributed by atoms with Crippen LogP contribution in [0.15, 0.2) is 53.4 Å².